The minimum Gasteiger partial charge on any atom is -0.501 e. The van der Waals surface area contributed by atoms with Crippen LogP contribution in [0.25, 0.3) is 0 Å². The Balaban J connectivity index is 1.99. The number of ether oxygens (including phenoxy) is 2. The minimum atomic E-state index is 0.413. The lowest BCUT2D eigenvalue weighted by atomic mass is 9.89. The Hall–Kier alpha value is -0.540. The van der Waals surface area contributed by atoms with E-state index in [0.29, 0.717) is 18.1 Å². The fourth-order valence-corrected chi connectivity index (χ4v) is 2.62. The Kier molecular flexibility index (Phi) is 3.65. The summed E-state index contributed by atoms with van der Waals surface area (Å²) in [5.41, 5.74) is 1.41. The fourth-order valence-electron chi connectivity index (χ4n) is 2.62. The molecule has 0 saturated carbocycles. The van der Waals surface area contributed by atoms with E-state index >= 15 is 0 Å². The third-order valence-corrected chi connectivity index (χ3v) is 3.37. The van der Waals surface area contributed by atoms with Gasteiger partial charge in [0.05, 0.1) is 25.6 Å². The van der Waals surface area contributed by atoms with Crippen molar-refractivity contribution >= 4 is 0 Å². The molecular formula is C12H21NO2. The quantitative estimate of drug-likeness (QED) is 0.770. The highest BCUT2D eigenvalue weighted by atomic mass is 16.5. The molecule has 2 heterocycles. The van der Waals surface area contributed by atoms with Gasteiger partial charge in [-0.3, -0.25) is 0 Å². The monoisotopic (exact) mass is 211 g/mol. The molecule has 0 bridgehead atoms. The lowest BCUT2D eigenvalue weighted by molar-refractivity contribution is 0.117. The van der Waals surface area contributed by atoms with Crippen molar-refractivity contribution < 1.29 is 9.47 Å². The number of rotatable bonds is 3. The molecule has 2 aliphatic rings. The molecule has 15 heavy (non-hydrogen) atoms. The molecule has 0 spiro atoms. The van der Waals surface area contributed by atoms with Crippen molar-refractivity contribution in [3.8, 4) is 0 Å². The molecule has 0 radical (unpaired) electrons. The second kappa shape index (κ2) is 4.99. The van der Waals surface area contributed by atoms with Gasteiger partial charge in [0.1, 0.15) is 0 Å². The zero-order valence-electron chi connectivity index (χ0n) is 9.66. The van der Waals surface area contributed by atoms with E-state index in [1.54, 1.807) is 0 Å². The van der Waals surface area contributed by atoms with Gasteiger partial charge in [-0.05, 0) is 38.8 Å². The van der Waals surface area contributed by atoms with E-state index < -0.39 is 0 Å². The van der Waals surface area contributed by atoms with E-state index in [2.05, 4.69) is 12.2 Å². The highest BCUT2D eigenvalue weighted by molar-refractivity contribution is 5.12. The van der Waals surface area contributed by atoms with Crippen LogP contribution in [-0.4, -0.2) is 32.4 Å². The number of hydrogen-bond acceptors (Lipinski definition) is 3. The first-order chi connectivity index (χ1) is 7.31. The maximum atomic E-state index is 5.63. The molecule has 1 fully saturated rings. The highest BCUT2D eigenvalue weighted by Gasteiger charge is 2.31. The van der Waals surface area contributed by atoms with Crippen LogP contribution < -0.4 is 5.32 Å². The molecule has 86 valence electrons. The Morgan fingerprint density at radius 1 is 1.53 bits per heavy atom. The molecule has 0 amide bonds. The summed E-state index contributed by atoms with van der Waals surface area (Å²) in [5.74, 6) is 0.609. The summed E-state index contributed by atoms with van der Waals surface area (Å²) in [6.45, 7) is 3.90. The summed E-state index contributed by atoms with van der Waals surface area (Å²) in [4.78, 5) is 0. The van der Waals surface area contributed by atoms with Crippen LogP contribution in [0.5, 0.6) is 0 Å². The molecule has 0 aromatic heterocycles. The van der Waals surface area contributed by atoms with Gasteiger partial charge in [-0.15, -0.1) is 0 Å². The summed E-state index contributed by atoms with van der Waals surface area (Å²) < 4.78 is 11.0. The second-order valence-electron chi connectivity index (χ2n) is 4.57. The smallest absolute Gasteiger partial charge is 0.0876 e. The topological polar surface area (TPSA) is 30.5 Å². The molecular weight excluding hydrogens is 190 g/mol. The lowest BCUT2D eigenvalue weighted by Crippen LogP contribution is -2.36. The normalized spacial score (nSPS) is 33.3. The van der Waals surface area contributed by atoms with Crippen LogP contribution in [0.4, 0.5) is 0 Å². The third kappa shape index (κ3) is 2.52. The van der Waals surface area contributed by atoms with Gasteiger partial charge in [0.25, 0.3) is 0 Å². The maximum absolute atomic E-state index is 5.63. The van der Waals surface area contributed by atoms with Gasteiger partial charge in [0.2, 0.25) is 0 Å². The minimum absolute atomic E-state index is 0.413. The summed E-state index contributed by atoms with van der Waals surface area (Å²) >= 11 is 0. The molecule has 3 heteroatoms. The molecule has 1 N–H and O–H groups in total. The van der Waals surface area contributed by atoms with Gasteiger partial charge in [-0.25, -0.2) is 0 Å². The van der Waals surface area contributed by atoms with E-state index in [1.807, 2.05) is 13.3 Å². The molecule has 0 aliphatic carbocycles. The van der Waals surface area contributed by atoms with E-state index in [4.69, 9.17) is 9.47 Å². The third-order valence-electron chi connectivity index (χ3n) is 3.37. The molecule has 2 aliphatic heterocycles. The van der Waals surface area contributed by atoms with Crippen molar-refractivity contribution in [3.05, 3.63) is 11.8 Å². The molecule has 3 atom stereocenters. The van der Waals surface area contributed by atoms with E-state index in [1.165, 1.54) is 5.57 Å². The molecule has 3 unspecified atom stereocenters. The lowest BCUT2D eigenvalue weighted by Gasteiger charge is -2.27. The zero-order valence-corrected chi connectivity index (χ0v) is 9.66. The molecule has 0 aromatic rings. The average molecular weight is 211 g/mol. The van der Waals surface area contributed by atoms with Gasteiger partial charge >= 0.3 is 0 Å². The predicted molar refractivity (Wildman–Crippen MR) is 59.6 cm³/mol. The SMILES string of the molecule is CNC(C1=COCCC1)C1COC(C)C1. The van der Waals surface area contributed by atoms with Crippen molar-refractivity contribution in [2.75, 3.05) is 20.3 Å². The first-order valence-electron chi connectivity index (χ1n) is 5.90. The summed E-state index contributed by atoms with van der Waals surface area (Å²) in [6, 6.07) is 0.440. The van der Waals surface area contributed by atoms with Crippen LogP contribution >= 0.6 is 0 Å². The van der Waals surface area contributed by atoms with Crippen molar-refractivity contribution in [2.24, 2.45) is 5.92 Å². The van der Waals surface area contributed by atoms with Crippen molar-refractivity contribution in [2.45, 2.75) is 38.3 Å². The summed E-state index contributed by atoms with van der Waals surface area (Å²) in [7, 11) is 2.03. The Bertz CT molecular complexity index is 240. The van der Waals surface area contributed by atoms with E-state index in [9.17, 15) is 0 Å². The van der Waals surface area contributed by atoms with Crippen molar-refractivity contribution in [1.29, 1.82) is 0 Å². The van der Waals surface area contributed by atoms with Crippen molar-refractivity contribution in [3.63, 3.8) is 0 Å². The van der Waals surface area contributed by atoms with Crippen LogP contribution in [0.3, 0.4) is 0 Å². The van der Waals surface area contributed by atoms with Gasteiger partial charge in [-0.1, -0.05) is 0 Å². The van der Waals surface area contributed by atoms with Gasteiger partial charge in [-0.2, -0.15) is 0 Å². The van der Waals surface area contributed by atoms with Crippen LogP contribution in [0.1, 0.15) is 26.2 Å². The Morgan fingerprint density at radius 3 is 2.93 bits per heavy atom. The number of hydrogen-bond donors (Lipinski definition) is 1. The van der Waals surface area contributed by atoms with Gasteiger partial charge in [0, 0.05) is 12.0 Å². The first-order valence-corrected chi connectivity index (χ1v) is 5.90. The van der Waals surface area contributed by atoms with Crippen molar-refractivity contribution in [1.82, 2.24) is 5.32 Å². The standard InChI is InChI=1S/C12H21NO2/c1-9-6-11(8-15-9)12(13-2)10-4-3-5-14-7-10/h7,9,11-13H,3-6,8H2,1-2H3. The van der Waals surface area contributed by atoms with Crippen LogP contribution in [0.2, 0.25) is 0 Å². The molecule has 3 nitrogen and oxygen atoms in total. The Morgan fingerprint density at radius 2 is 2.40 bits per heavy atom. The first kappa shape index (κ1) is 11.0. The number of likely N-dealkylation sites (N-methyl/N-ethyl adjacent to an activating group) is 1. The van der Waals surface area contributed by atoms with Crippen LogP contribution in [0.15, 0.2) is 11.8 Å². The second-order valence-corrected chi connectivity index (χ2v) is 4.57. The summed E-state index contributed by atoms with van der Waals surface area (Å²) in [6.07, 6.45) is 5.83. The maximum Gasteiger partial charge on any atom is 0.0876 e. The van der Waals surface area contributed by atoms with Crippen LogP contribution in [-0.2, 0) is 9.47 Å². The molecule has 2 rings (SSSR count). The largest absolute Gasteiger partial charge is 0.501 e. The van der Waals surface area contributed by atoms with E-state index in [-0.39, 0.29) is 0 Å². The average Bonchev–Trinajstić information content (AvgIpc) is 2.68. The highest BCUT2D eigenvalue weighted by Crippen LogP contribution is 2.28. The predicted octanol–water partition coefficient (Wildman–Crippen LogP) is 1.69. The zero-order chi connectivity index (χ0) is 10.7. The van der Waals surface area contributed by atoms with Gasteiger partial charge < -0.3 is 14.8 Å². The van der Waals surface area contributed by atoms with Crippen LogP contribution in [0, 0.1) is 5.92 Å². The van der Waals surface area contributed by atoms with Gasteiger partial charge in [0.15, 0.2) is 0 Å². The fraction of sp³-hybridized carbons (Fsp3) is 0.833. The van der Waals surface area contributed by atoms with E-state index in [0.717, 1.165) is 32.5 Å². The number of nitrogens with one attached hydrogen (secondary N) is 1. The summed E-state index contributed by atoms with van der Waals surface area (Å²) in [5, 5.41) is 3.41. The Labute approximate surface area is 91.8 Å². The molecule has 0 aromatic carbocycles. The molecule has 1 saturated heterocycles.